The number of fused-ring (bicyclic) bond motifs is 3. The van der Waals surface area contributed by atoms with Crippen LogP contribution in [-0.2, 0) is 11.0 Å². The molecule has 1 atom stereocenters. The lowest BCUT2D eigenvalue weighted by Crippen LogP contribution is -2.27. The first kappa shape index (κ1) is 24.5. The molecule has 0 bridgehead atoms. The predicted octanol–water partition coefficient (Wildman–Crippen LogP) is 4.57. The number of primary amides is 1. The number of carbonyl (C=O) groups is 3. The van der Waals surface area contributed by atoms with Crippen molar-refractivity contribution in [2.45, 2.75) is 12.2 Å². The second-order valence-corrected chi connectivity index (χ2v) is 8.64. The Labute approximate surface area is 209 Å². The van der Waals surface area contributed by atoms with Crippen molar-refractivity contribution in [3.8, 4) is 16.9 Å². The number of carbonyl (C=O) groups excluding carboxylic acids is 3. The van der Waals surface area contributed by atoms with E-state index in [1.165, 1.54) is 6.07 Å². The average molecular weight is 538 g/mol. The van der Waals surface area contributed by atoms with Crippen molar-refractivity contribution >= 4 is 35.0 Å². The van der Waals surface area contributed by atoms with Crippen molar-refractivity contribution in [2.24, 2.45) is 5.73 Å². The maximum Gasteiger partial charge on any atom is 0.416 e. The summed E-state index contributed by atoms with van der Waals surface area (Å²) in [6.07, 6.45) is -5.00. The van der Waals surface area contributed by atoms with E-state index in [1.54, 1.807) is 0 Å². The quantitative estimate of drug-likeness (QED) is 0.425. The van der Waals surface area contributed by atoms with Crippen LogP contribution in [0, 0.1) is 11.6 Å². The summed E-state index contributed by atoms with van der Waals surface area (Å²) in [5.74, 6) is -5.08. The minimum absolute atomic E-state index is 0.00604. The number of amides is 3. The van der Waals surface area contributed by atoms with E-state index in [2.05, 4.69) is 10.6 Å². The fourth-order valence-electron chi connectivity index (χ4n) is 4.46. The highest BCUT2D eigenvalue weighted by molar-refractivity contribution is 6.31. The van der Waals surface area contributed by atoms with Gasteiger partial charge in [-0.1, -0.05) is 11.6 Å². The fraction of sp³-hybridized carbons (Fsp3) is 0.125. The molecule has 3 amide bonds. The van der Waals surface area contributed by atoms with Gasteiger partial charge in [-0.15, -0.1) is 0 Å². The highest BCUT2D eigenvalue weighted by Crippen LogP contribution is 2.49. The number of alkyl halides is 3. The van der Waals surface area contributed by atoms with Crippen molar-refractivity contribution in [3.63, 3.8) is 0 Å². The lowest BCUT2D eigenvalue weighted by atomic mass is 9.86. The maximum absolute atomic E-state index is 15.4. The zero-order valence-corrected chi connectivity index (χ0v) is 19.0. The number of hydrogen-bond acceptors (Lipinski definition) is 4. The number of halogens is 6. The van der Waals surface area contributed by atoms with Gasteiger partial charge in [-0.2, -0.15) is 13.2 Å². The minimum atomic E-state index is -5.00. The molecule has 0 radical (unpaired) electrons. The van der Waals surface area contributed by atoms with E-state index in [1.807, 2.05) is 0 Å². The van der Waals surface area contributed by atoms with Crippen molar-refractivity contribution in [1.29, 1.82) is 0 Å². The Morgan fingerprint density at radius 2 is 1.81 bits per heavy atom. The monoisotopic (exact) mass is 537 g/mol. The molecule has 2 heterocycles. The van der Waals surface area contributed by atoms with Crippen LogP contribution in [0.25, 0.3) is 11.1 Å². The molecule has 3 aromatic rings. The lowest BCUT2D eigenvalue weighted by Gasteiger charge is -2.24. The van der Waals surface area contributed by atoms with Gasteiger partial charge in [-0.3, -0.25) is 14.4 Å². The molecule has 0 aliphatic carbocycles. The number of nitrogens with one attached hydrogen (secondary N) is 2. The summed E-state index contributed by atoms with van der Waals surface area (Å²) in [5, 5.41) is 5.06. The summed E-state index contributed by atoms with van der Waals surface area (Å²) in [4.78, 5) is 37.3. The molecule has 4 N–H and O–H groups in total. The normalized spacial score (nSPS) is 16.4. The number of hydrogen-bond donors (Lipinski definition) is 3. The first-order valence-corrected chi connectivity index (χ1v) is 10.8. The third-order valence-corrected chi connectivity index (χ3v) is 6.31. The van der Waals surface area contributed by atoms with Crippen LogP contribution < -0.4 is 21.1 Å². The molecular weight excluding hydrogens is 525 g/mol. The van der Waals surface area contributed by atoms with Gasteiger partial charge in [0.2, 0.25) is 5.91 Å². The number of ether oxygens (including phenoxy) is 1. The predicted molar refractivity (Wildman–Crippen MR) is 120 cm³/mol. The van der Waals surface area contributed by atoms with Crippen LogP contribution in [0.15, 0.2) is 36.4 Å². The van der Waals surface area contributed by atoms with E-state index in [4.69, 9.17) is 22.1 Å². The van der Waals surface area contributed by atoms with E-state index < -0.39 is 64.9 Å². The smallest absolute Gasteiger partial charge is 0.416 e. The largest absolute Gasteiger partial charge is 0.482 e. The van der Waals surface area contributed by atoms with Gasteiger partial charge in [-0.05, 0) is 42.0 Å². The van der Waals surface area contributed by atoms with Gasteiger partial charge >= 0.3 is 6.18 Å². The van der Waals surface area contributed by atoms with Gasteiger partial charge in [0.15, 0.2) is 6.61 Å². The summed E-state index contributed by atoms with van der Waals surface area (Å²) in [7, 11) is 0. The highest BCUT2D eigenvalue weighted by atomic mass is 35.5. The second kappa shape index (κ2) is 8.44. The van der Waals surface area contributed by atoms with Gasteiger partial charge in [0.25, 0.3) is 11.8 Å². The topological polar surface area (TPSA) is 111 Å². The van der Waals surface area contributed by atoms with Gasteiger partial charge < -0.3 is 21.1 Å². The van der Waals surface area contributed by atoms with E-state index in [0.29, 0.717) is 6.07 Å². The summed E-state index contributed by atoms with van der Waals surface area (Å²) >= 11 is 6.25. The molecule has 1 unspecified atom stereocenters. The van der Waals surface area contributed by atoms with Crippen LogP contribution in [0.1, 0.15) is 43.4 Å². The van der Waals surface area contributed by atoms with E-state index >= 15 is 4.39 Å². The Morgan fingerprint density at radius 1 is 1.08 bits per heavy atom. The standard InChI is InChI=1S/C24H13ClF5N3O4/c25-13-2-1-9(26)5-10(13)20-18-11(6-15-21(19(18)23(36)33-20)32-16(34)7-37-15)17-12(22(31)35)3-8(4-14(17)27)24(28,29)30/h1-6,20H,7H2,(H2,31,35)(H,32,34)(H,33,36). The van der Waals surface area contributed by atoms with Crippen molar-refractivity contribution in [1.82, 2.24) is 5.32 Å². The van der Waals surface area contributed by atoms with E-state index in [0.717, 1.165) is 18.2 Å². The van der Waals surface area contributed by atoms with Crippen molar-refractivity contribution in [2.75, 3.05) is 11.9 Å². The molecule has 0 spiro atoms. The fourth-order valence-corrected chi connectivity index (χ4v) is 4.68. The molecule has 3 aromatic carbocycles. The zero-order valence-electron chi connectivity index (χ0n) is 18.2. The Morgan fingerprint density at radius 3 is 2.49 bits per heavy atom. The zero-order chi connectivity index (χ0) is 26.8. The van der Waals surface area contributed by atoms with Gasteiger partial charge in [-0.25, -0.2) is 8.78 Å². The molecule has 2 aliphatic heterocycles. The molecule has 37 heavy (non-hydrogen) atoms. The number of anilines is 1. The van der Waals surface area contributed by atoms with E-state index in [9.17, 15) is 31.9 Å². The van der Waals surface area contributed by atoms with Crippen LogP contribution >= 0.6 is 11.6 Å². The molecule has 190 valence electrons. The Kier molecular flexibility index (Phi) is 5.59. The van der Waals surface area contributed by atoms with Gasteiger partial charge in [0, 0.05) is 21.7 Å². The molecule has 0 saturated carbocycles. The number of nitrogens with two attached hydrogens (primary N) is 1. The summed E-state index contributed by atoms with van der Waals surface area (Å²) in [5.41, 5.74) is 1.81. The first-order valence-electron chi connectivity index (χ1n) is 10.5. The van der Waals surface area contributed by atoms with Crippen molar-refractivity contribution in [3.05, 3.63) is 80.9 Å². The summed E-state index contributed by atoms with van der Waals surface area (Å²) in [6.45, 7) is -0.468. The highest BCUT2D eigenvalue weighted by Gasteiger charge is 2.41. The molecule has 2 aliphatic rings. The number of benzene rings is 3. The van der Waals surface area contributed by atoms with Crippen LogP contribution in [0.5, 0.6) is 5.75 Å². The van der Waals surface area contributed by atoms with E-state index in [-0.39, 0.29) is 44.8 Å². The third-order valence-electron chi connectivity index (χ3n) is 5.97. The third kappa shape index (κ3) is 4.02. The van der Waals surface area contributed by atoms with Crippen LogP contribution in [0.4, 0.5) is 27.6 Å². The molecular formula is C24H13ClF5N3O4. The molecule has 0 fully saturated rings. The first-order chi connectivity index (χ1) is 17.4. The molecule has 0 saturated heterocycles. The Bertz CT molecular complexity index is 1540. The second-order valence-electron chi connectivity index (χ2n) is 8.24. The SMILES string of the molecule is NC(=O)c1cc(C(F)(F)F)cc(F)c1-c1cc2c(c3c1C(c1cc(F)ccc1Cl)NC3=O)NC(=O)CO2. The van der Waals surface area contributed by atoms with Crippen LogP contribution in [0.2, 0.25) is 5.02 Å². The summed E-state index contributed by atoms with van der Waals surface area (Å²) < 4.78 is 75.0. The molecule has 7 nitrogen and oxygen atoms in total. The van der Waals surface area contributed by atoms with Gasteiger partial charge in [0.1, 0.15) is 17.4 Å². The molecule has 0 aromatic heterocycles. The molecule has 5 rings (SSSR count). The number of rotatable bonds is 3. The minimum Gasteiger partial charge on any atom is -0.482 e. The summed E-state index contributed by atoms with van der Waals surface area (Å²) in [6, 6.07) is 3.78. The van der Waals surface area contributed by atoms with Gasteiger partial charge in [0.05, 0.1) is 28.4 Å². The van der Waals surface area contributed by atoms with Crippen molar-refractivity contribution < 1.29 is 41.1 Å². The molecule has 13 heteroatoms. The maximum atomic E-state index is 15.4. The Balaban J connectivity index is 1.88. The average Bonchev–Trinajstić information content (AvgIpc) is 3.16. The van der Waals surface area contributed by atoms with Crippen LogP contribution in [0.3, 0.4) is 0 Å². The van der Waals surface area contributed by atoms with Crippen LogP contribution in [-0.4, -0.2) is 24.3 Å². The Hall–Kier alpha value is -4.19. The lowest BCUT2D eigenvalue weighted by molar-refractivity contribution is -0.137.